The van der Waals surface area contributed by atoms with Gasteiger partial charge in [-0.05, 0) is 45.7 Å². The molecule has 24 heavy (non-hydrogen) atoms. The molecule has 0 unspecified atom stereocenters. The lowest BCUT2D eigenvalue weighted by molar-refractivity contribution is 0.375. The van der Waals surface area contributed by atoms with E-state index in [-0.39, 0.29) is 5.75 Å². The Morgan fingerprint density at radius 3 is 2.08 bits per heavy atom. The van der Waals surface area contributed by atoms with E-state index >= 15 is 0 Å². The van der Waals surface area contributed by atoms with Gasteiger partial charge in [-0.3, -0.25) is 0 Å². The Bertz CT molecular complexity index is 1060. The van der Waals surface area contributed by atoms with Gasteiger partial charge in [-0.25, -0.2) is 0 Å². The summed E-state index contributed by atoms with van der Waals surface area (Å²) in [6.07, 6.45) is 0. The smallest absolute Gasteiger partial charge is 0.166 e. The first-order chi connectivity index (χ1) is 11.7. The minimum Gasteiger partial charge on any atom is -0.504 e. The number of aryl methyl sites for hydroxylation is 1. The van der Waals surface area contributed by atoms with E-state index in [2.05, 4.69) is 31.2 Å². The summed E-state index contributed by atoms with van der Waals surface area (Å²) in [6.45, 7) is 2.08. The number of methoxy groups -OCH3 is 1. The van der Waals surface area contributed by atoms with Crippen LogP contribution in [0.4, 0.5) is 0 Å². The average Bonchev–Trinajstić information content (AvgIpc) is 2.62. The maximum atomic E-state index is 10.9. The molecule has 0 radical (unpaired) electrons. The van der Waals surface area contributed by atoms with E-state index in [1.165, 1.54) is 0 Å². The predicted octanol–water partition coefficient (Wildman–Crippen LogP) is 5.68. The van der Waals surface area contributed by atoms with Crippen LogP contribution in [0.25, 0.3) is 32.7 Å². The maximum absolute atomic E-state index is 10.9. The second kappa shape index (κ2) is 5.57. The highest BCUT2D eigenvalue weighted by atomic mass is 16.5. The molecule has 0 aromatic heterocycles. The third kappa shape index (κ3) is 2.11. The molecule has 0 aliphatic heterocycles. The number of benzene rings is 4. The van der Waals surface area contributed by atoms with Crippen molar-refractivity contribution < 1.29 is 9.84 Å². The van der Waals surface area contributed by atoms with E-state index < -0.39 is 0 Å². The van der Waals surface area contributed by atoms with E-state index in [9.17, 15) is 5.11 Å². The maximum Gasteiger partial charge on any atom is 0.166 e. The molecule has 4 aromatic rings. The van der Waals surface area contributed by atoms with Crippen LogP contribution in [0.5, 0.6) is 11.5 Å². The average molecular weight is 314 g/mol. The van der Waals surface area contributed by atoms with Gasteiger partial charge in [0.05, 0.1) is 7.11 Å². The minimum atomic E-state index is 0.190. The molecule has 0 spiro atoms. The molecular weight excluding hydrogens is 296 g/mol. The lowest BCUT2D eigenvalue weighted by atomic mass is 9.89. The number of fused-ring (bicyclic) bond motifs is 2. The van der Waals surface area contributed by atoms with Crippen LogP contribution in [-0.2, 0) is 0 Å². The molecule has 1 N–H and O–H groups in total. The zero-order valence-corrected chi connectivity index (χ0v) is 13.7. The summed E-state index contributed by atoms with van der Waals surface area (Å²) in [5.74, 6) is 0.687. The fraction of sp³-hybridized carbons (Fsp3) is 0.0909. The molecule has 0 heterocycles. The van der Waals surface area contributed by atoms with E-state index in [0.717, 1.165) is 38.2 Å². The molecule has 0 aliphatic rings. The molecule has 0 saturated heterocycles. The van der Waals surface area contributed by atoms with Crippen molar-refractivity contribution in [3.8, 4) is 22.6 Å². The Balaban J connectivity index is 2.22. The molecule has 0 saturated carbocycles. The van der Waals surface area contributed by atoms with E-state index in [0.29, 0.717) is 5.75 Å². The van der Waals surface area contributed by atoms with Gasteiger partial charge in [0.1, 0.15) is 0 Å². The predicted molar refractivity (Wildman–Crippen MR) is 99.8 cm³/mol. The highest BCUT2D eigenvalue weighted by molar-refractivity contribution is 6.09. The summed E-state index contributed by atoms with van der Waals surface area (Å²) in [4.78, 5) is 0. The Morgan fingerprint density at radius 2 is 1.38 bits per heavy atom. The van der Waals surface area contributed by atoms with E-state index in [1.54, 1.807) is 7.11 Å². The number of hydrogen-bond acceptors (Lipinski definition) is 2. The molecule has 2 heteroatoms. The molecule has 0 atom stereocenters. The van der Waals surface area contributed by atoms with Crippen molar-refractivity contribution in [2.45, 2.75) is 6.92 Å². The normalized spacial score (nSPS) is 11.1. The standard InChI is InChI=1S/C22H18O2/c1-14-11-12-15-7-3-5-9-17(15)20(14)21-18-10-6-4-8-16(18)13-19(24-2)22(21)23/h3-13,23H,1-2H3. The summed E-state index contributed by atoms with van der Waals surface area (Å²) < 4.78 is 5.42. The van der Waals surface area contributed by atoms with Crippen molar-refractivity contribution in [1.82, 2.24) is 0 Å². The summed E-state index contributed by atoms with van der Waals surface area (Å²) in [5.41, 5.74) is 3.02. The monoisotopic (exact) mass is 314 g/mol. The second-order valence-corrected chi connectivity index (χ2v) is 6.00. The van der Waals surface area contributed by atoms with E-state index in [1.807, 2.05) is 42.5 Å². The summed E-state index contributed by atoms with van der Waals surface area (Å²) in [5, 5.41) is 15.3. The number of phenols is 1. The van der Waals surface area contributed by atoms with Crippen LogP contribution in [0.2, 0.25) is 0 Å². The van der Waals surface area contributed by atoms with Gasteiger partial charge in [0.2, 0.25) is 0 Å². The first kappa shape index (κ1) is 14.6. The fourth-order valence-electron chi connectivity index (χ4n) is 3.43. The zero-order valence-electron chi connectivity index (χ0n) is 13.7. The van der Waals surface area contributed by atoms with Crippen LogP contribution in [0.1, 0.15) is 5.56 Å². The summed E-state index contributed by atoms with van der Waals surface area (Å²) in [6, 6.07) is 22.5. The zero-order chi connectivity index (χ0) is 16.7. The Labute approximate surface area is 140 Å². The third-order valence-electron chi connectivity index (χ3n) is 4.59. The second-order valence-electron chi connectivity index (χ2n) is 6.00. The first-order valence-corrected chi connectivity index (χ1v) is 7.98. The molecule has 118 valence electrons. The van der Waals surface area contributed by atoms with Crippen molar-refractivity contribution in [2.24, 2.45) is 0 Å². The number of ether oxygens (including phenoxy) is 1. The van der Waals surface area contributed by atoms with Gasteiger partial charge in [0.15, 0.2) is 11.5 Å². The number of hydrogen-bond donors (Lipinski definition) is 1. The van der Waals surface area contributed by atoms with Crippen LogP contribution >= 0.6 is 0 Å². The summed E-state index contributed by atoms with van der Waals surface area (Å²) in [7, 11) is 1.59. The largest absolute Gasteiger partial charge is 0.504 e. The number of rotatable bonds is 2. The van der Waals surface area contributed by atoms with Crippen LogP contribution in [0.3, 0.4) is 0 Å². The molecule has 0 aliphatic carbocycles. The van der Waals surface area contributed by atoms with E-state index in [4.69, 9.17) is 4.74 Å². The van der Waals surface area contributed by atoms with Crippen molar-refractivity contribution in [1.29, 1.82) is 0 Å². The molecule has 4 aromatic carbocycles. The van der Waals surface area contributed by atoms with Gasteiger partial charge in [-0.2, -0.15) is 0 Å². The molecule has 4 rings (SSSR count). The number of aromatic hydroxyl groups is 1. The van der Waals surface area contributed by atoms with Crippen LogP contribution in [0, 0.1) is 6.92 Å². The Morgan fingerprint density at radius 1 is 0.750 bits per heavy atom. The van der Waals surface area contributed by atoms with Crippen molar-refractivity contribution in [2.75, 3.05) is 7.11 Å². The van der Waals surface area contributed by atoms with Crippen molar-refractivity contribution in [3.05, 3.63) is 72.3 Å². The Kier molecular flexibility index (Phi) is 3.39. The third-order valence-corrected chi connectivity index (χ3v) is 4.59. The highest BCUT2D eigenvalue weighted by Gasteiger charge is 2.18. The molecule has 0 fully saturated rings. The molecule has 2 nitrogen and oxygen atoms in total. The fourth-order valence-corrected chi connectivity index (χ4v) is 3.43. The van der Waals surface area contributed by atoms with Gasteiger partial charge in [0, 0.05) is 5.56 Å². The van der Waals surface area contributed by atoms with Gasteiger partial charge < -0.3 is 9.84 Å². The molecule has 0 bridgehead atoms. The SMILES string of the molecule is COc1cc2ccccc2c(-c2c(C)ccc3ccccc23)c1O. The highest BCUT2D eigenvalue weighted by Crippen LogP contribution is 2.46. The minimum absolute atomic E-state index is 0.190. The lowest BCUT2D eigenvalue weighted by Crippen LogP contribution is -1.92. The first-order valence-electron chi connectivity index (χ1n) is 7.98. The Hall–Kier alpha value is -3.00. The molecular formula is C22H18O2. The molecule has 0 amide bonds. The van der Waals surface area contributed by atoms with Crippen LogP contribution < -0.4 is 4.74 Å². The van der Waals surface area contributed by atoms with Gasteiger partial charge in [-0.15, -0.1) is 0 Å². The van der Waals surface area contributed by atoms with Gasteiger partial charge >= 0.3 is 0 Å². The van der Waals surface area contributed by atoms with Crippen molar-refractivity contribution >= 4 is 21.5 Å². The number of phenolic OH excluding ortho intramolecular Hbond substituents is 1. The topological polar surface area (TPSA) is 29.5 Å². The quantitative estimate of drug-likeness (QED) is 0.515. The summed E-state index contributed by atoms with van der Waals surface area (Å²) >= 11 is 0. The van der Waals surface area contributed by atoms with Crippen molar-refractivity contribution in [3.63, 3.8) is 0 Å². The van der Waals surface area contributed by atoms with Gasteiger partial charge in [0.25, 0.3) is 0 Å². The lowest BCUT2D eigenvalue weighted by Gasteiger charge is -2.17. The van der Waals surface area contributed by atoms with Gasteiger partial charge in [-0.1, -0.05) is 60.7 Å². The van der Waals surface area contributed by atoms with Crippen LogP contribution in [0.15, 0.2) is 66.7 Å². The van der Waals surface area contributed by atoms with Crippen LogP contribution in [-0.4, -0.2) is 12.2 Å².